The van der Waals surface area contributed by atoms with Crippen LogP contribution in [0, 0.1) is 0 Å². The largest absolute Gasteiger partial charge is 0.497 e. The highest BCUT2D eigenvalue weighted by atomic mass is 16.5. The van der Waals surface area contributed by atoms with Crippen LogP contribution in [-0.2, 0) is 37.6 Å². The van der Waals surface area contributed by atoms with Gasteiger partial charge in [-0.1, -0.05) is 47.6 Å². The van der Waals surface area contributed by atoms with Crippen LogP contribution >= 0.6 is 0 Å². The number of nitrogens with zero attached hydrogens (tertiary/aromatic N) is 5. The summed E-state index contributed by atoms with van der Waals surface area (Å²) in [4.78, 5) is 19.5. The van der Waals surface area contributed by atoms with Gasteiger partial charge in [0.1, 0.15) is 5.75 Å². The number of rotatable bonds is 6. The van der Waals surface area contributed by atoms with Gasteiger partial charge >= 0.3 is 0 Å². The van der Waals surface area contributed by atoms with Gasteiger partial charge in [0, 0.05) is 44.2 Å². The number of benzene rings is 2. The standard InChI is InChI=1S/C25H25N5O3/c1-29-21-12-13-30(23(31)15-18-8-10-19(32-2)11-9-18)16-20(21)24(27-29)25-26-22(28-33-25)14-17-6-4-3-5-7-17/h3-11H,12-16H2,1-2H3. The van der Waals surface area contributed by atoms with E-state index in [1.165, 1.54) is 0 Å². The first-order valence-corrected chi connectivity index (χ1v) is 10.9. The maximum absolute atomic E-state index is 13.0. The Labute approximate surface area is 191 Å². The minimum absolute atomic E-state index is 0.0796. The summed E-state index contributed by atoms with van der Waals surface area (Å²) in [7, 11) is 3.55. The lowest BCUT2D eigenvalue weighted by Crippen LogP contribution is -2.37. The first kappa shape index (κ1) is 20.9. The number of methoxy groups -OCH3 is 1. The Kier molecular flexibility index (Phi) is 5.64. The highest BCUT2D eigenvalue weighted by Gasteiger charge is 2.29. The van der Waals surface area contributed by atoms with Crippen LogP contribution in [0.5, 0.6) is 5.75 Å². The molecule has 2 aromatic heterocycles. The van der Waals surface area contributed by atoms with E-state index in [1.54, 1.807) is 7.11 Å². The molecule has 8 heteroatoms. The average molecular weight is 444 g/mol. The zero-order valence-electron chi connectivity index (χ0n) is 18.7. The fourth-order valence-corrected chi connectivity index (χ4v) is 4.21. The summed E-state index contributed by atoms with van der Waals surface area (Å²) in [5.74, 6) is 1.86. The van der Waals surface area contributed by atoms with E-state index in [-0.39, 0.29) is 5.91 Å². The predicted octanol–water partition coefficient (Wildman–Crippen LogP) is 3.20. The molecule has 33 heavy (non-hydrogen) atoms. The fourth-order valence-electron chi connectivity index (χ4n) is 4.21. The Balaban J connectivity index is 1.33. The van der Waals surface area contributed by atoms with Crippen LogP contribution in [0.2, 0.25) is 0 Å². The van der Waals surface area contributed by atoms with Gasteiger partial charge in [0.05, 0.1) is 13.5 Å². The molecular weight excluding hydrogens is 418 g/mol. The number of aromatic nitrogens is 4. The molecule has 0 bridgehead atoms. The van der Waals surface area contributed by atoms with E-state index in [9.17, 15) is 4.79 Å². The monoisotopic (exact) mass is 443 g/mol. The van der Waals surface area contributed by atoms with Crippen LogP contribution in [0.15, 0.2) is 59.1 Å². The quantitative estimate of drug-likeness (QED) is 0.455. The Bertz CT molecular complexity index is 1260. The molecule has 0 radical (unpaired) electrons. The molecule has 5 rings (SSSR count). The van der Waals surface area contributed by atoms with Crippen molar-refractivity contribution in [3.8, 4) is 17.3 Å². The third-order valence-electron chi connectivity index (χ3n) is 5.99. The normalized spacial score (nSPS) is 13.1. The van der Waals surface area contributed by atoms with Crippen LogP contribution in [0.1, 0.15) is 28.2 Å². The van der Waals surface area contributed by atoms with Gasteiger partial charge in [-0.25, -0.2) is 0 Å². The van der Waals surface area contributed by atoms with E-state index < -0.39 is 0 Å². The van der Waals surface area contributed by atoms with Crippen LogP contribution < -0.4 is 4.74 Å². The van der Waals surface area contributed by atoms with E-state index in [2.05, 4.69) is 15.2 Å². The van der Waals surface area contributed by atoms with Crippen molar-refractivity contribution in [3.63, 3.8) is 0 Å². The second-order valence-electron chi connectivity index (χ2n) is 8.17. The number of fused-ring (bicyclic) bond motifs is 1. The third kappa shape index (κ3) is 4.37. The highest BCUT2D eigenvalue weighted by Crippen LogP contribution is 2.29. The molecule has 0 fully saturated rings. The number of ether oxygens (including phenoxy) is 1. The maximum atomic E-state index is 13.0. The minimum Gasteiger partial charge on any atom is -0.497 e. The van der Waals surface area contributed by atoms with Gasteiger partial charge in [-0.15, -0.1) is 0 Å². The number of carbonyl (C=O) groups excluding carboxylic acids is 1. The molecule has 168 valence electrons. The topological polar surface area (TPSA) is 86.3 Å². The van der Waals surface area contributed by atoms with Crippen molar-refractivity contribution >= 4 is 5.91 Å². The number of hydrogen-bond donors (Lipinski definition) is 0. The summed E-state index contributed by atoms with van der Waals surface area (Å²) in [5.41, 5.74) is 4.80. The van der Waals surface area contributed by atoms with E-state index in [0.29, 0.717) is 43.3 Å². The van der Waals surface area contributed by atoms with E-state index >= 15 is 0 Å². The molecule has 3 heterocycles. The molecule has 1 amide bonds. The van der Waals surface area contributed by atoms with Gasteiger partial charge < -0.3 is 14.2 Å². The molecule has 0 spiro atoms. The molecule has 0 unspecified atom stereocenters. The maximum Gasteiger partial charge on any atom is 0.278 e. The van der Waals surface area contributed by atoms with E-state index in [4.69, 9.17) is 9.26 Å². The number of hydrogen-bond acceptors (Lipinski definition) is 6. The van der Waals surface area contributed by atoms with Gasteiger partial charge in [-0.2, -0.15) is 10.1 Å². The van der Waals surface area contributed by atoms with Gasteiger partial charge in [0.25, 0.3) is 5.89 Å². The van der Waals surface area contributed by atoms with E-state index in [1.807, 2.05) is 71.2 Å². The molecule has 4 aromatic rings. The first-order valence-electron chi connectivity index (χ1n) is 10.9. The number of carbonyl (C=O) groups is 1. The van der Waals surface area contributed by atoms with Crippen molar-refractivity contribution in [2.45, 2.75) is 25.8 Å². The zero-order chi connectivity index (χ0) is 22.8. The Hall–Kier alpha value is -3.94. The lowest BCUT2D eigenvalue weighted by molar-refractivity contribution is -0.131. The molecule has 2 aromatic carbocycles. The molecule has 0 saturated carbocycles. The zero-order valence-corrected chi connectivity index (χ0v) is 18.7. The second-order valence-corrected chi connectivity index (χ2v) is 8.17. The van der Waals surface area contributed by atoms with Crippen LogP contribution in [0.25, 0.3) is 11.6 Å². The van der Waals surface area contributed by atoms with E-state index in [0.717, 1.165) is 34.6 Å². The minimum atomic E-state index is 0.0796. The number of amides is 1. The summed E-state index contributed by atoms with van der Waals surface area (Å²) in [6.07, 6.45) is 1.67. The van der Waals surface area contributed by atoms with Gasteiger partial charge in [0.2, 0.25) is 5.91 Å². The summed E-state index contributed by atoms with van der Waals surface area (Å²) in [6, 6.07) is 17.6. The van der Waals surface area contributed by atoms with Crippen molar-refractivity contribution in [3.05, 3.63) is 82.8 Å². The van der Waals surface area contributed by atoms with Crippen LogP contribution in [0.3, 0.4) is 0 Å². The SMILES string of the molecule is COc1ccc(CC(=O)N2CCc3c(c(-c4nc(Cc5ccccc5)no4)nn3C)C2)cc1. The fraction of sp³-hybridized carbons (Fsp3) is 0.280. The summed E-state index contributed by atoms with van der Waals surface area (Å²) < 4.78 is 12.6. The Morgan fingerprint density at radius 2 is 1.88 bits per heavy atom. The molecule has 1 aliphatic rings. The van der Waals surface area contributed by atoms with Gasteiger partial charge in [0.15, 0.2) is 11.5 Å². The number of aryl methyl sites for hydroxylation is 1. The van der Waals surface area contributed by atoms with Gasteiger partial charge in [-0.3, -0.25) is 9.48 Å². The van der Waals surface area contributed by atoms with Crippen molar-refractivity contribution in [2.24, 2.45) is 7.05 Å². The lowest BCUT2D eigenvalue weighted by atomic mass is 10.0. The highest BCUT2D eigenvalue weighted by molar-refractivity contribution is 5.79. The Morgan fingerprint density at radius 1 is 1.09 bits per heavy atom. The average Bonchev–Trinajstić information content (AvgIpc) is 3.44. The Morgan fingerprint density at radius 3 is 2.64 bits per heavy atom. The predicted molar refractivity (Wildman–Crippen MR) is 122 cm³/mol. The molecule has 0 saturated heterocycles. The summed E-state index contributed by atoms with van der Waals surface area (Å²) in [6.45, 7) is 1.13. The molecule has 0 aliphatic carbocycles. The van der Waals surface area contributed by atoms with Gasteiger partial charge in [-0.05, 0) is 23.3 Å². The van der Waals surface area contributed by atoms with Crippen molar-refractivity contribution < 1.29 is 14.1 Å². The summed E-state index contributed by atoms with van der Waals surface area (Å²) >= 11 is 0. The first-order chi connectivity index (χ1) is 16.1. The second kappa shape index (κ2) is 8.90. The van der Waals surface area contributed by atoms with Crippen molar-refractivity contribution in [1.29, 1.82) is 0 Å². The third-order valence-corrected chi connectivity index (χ3v) is 5.99. The lowest BCUT2D eigenvalue weighted by Gasteiger charge is -2.27. The smallest absolute Gasteiger partial charge is 0.278 e. The molecule has 0 N–H and O–H groups in total. The van der Waals surface area contributed by atoms with Crippen LogP contribution in [-0.4, -0.2) is 44.4 Å². The van der Waals surface area contributed by atoms with Crippen molar-refractivity contribution in [1.82, 2.24) is 24.8 Å². The van der Waals surface area contributed by atoms with Crippen LogP contribution in [0.4, 0.5) is 0 Å². The van der Waals surface area contributed by atoms with Crippen molar-refractivity contribution in [2.75, 3.05) is 13.7 Å². The molecule has 0 atom stereocenters. The molecule has 8 nitrogen and oxygen atoms in total. The molecule has 1 aliphatic heterocycles. The molecular formula is C25H25N5O3. The summed E-state index contributed by atoms with van der Waals surface area (Å²) in [5, 5.41) is 8.79.